The second-order valence-electron chi connectivity index (χ2n) is 9.35. The van der Waals surface area contributed by atoms with Gasteiger partial charge in [0, 0.05) is 11.9 Å². The Morgan fingerprint density at radius 2 is 1.91 bits per heavy atom. The Labute approximate surface area is 203 Å². The Bertz CT molecular complexity index is 1330. The molecule has 1 aliphatic heterocycles. The number of carbonyl (C=O) groups is 1. The summed E-state index contributed by atoms with van der Waals surface area (Å²) < 4.78 is 0. The average molecular weight is 471 g/mol. The number of amides is 1. The van der Waals surface area contributed by atoms with E-state index in [-0.39, 0.29) is 11.9 Å². The summed E-state index contributed by atoms with van der Waals surface area (Å²) in [5, 5.41) is 22.0. The van der Waals surface area contributed by atoms with Crippen molar-refractivity contribution in [3.05, 3.63) is 81.5 Å². The second-order valence-corrected chi connectivity index (χ2v) is 10.3. The Morgan fingerprint density at radius 1 is 1.18 bits per heavy atom. The van der Waals surface area contributed by atoms with Gasteiger partial charge in [-0.2, -0.15) is 5.26 Å². The molecule has 0 bridgehead atoms. The number of nitrogens with zero attached hydrogens (tertiary/aromatic N) is 3. The number of hydrogen-bond acceptors (Lipinski definition) is 6. The predicted octanol–water partition coefficient (Wildman–Crippen LogP) is 4.44. The van der Waals surface area contributed by atoms with Crippen LogP contribution >= 0.6 is 11.3 Å². The Morgan fingerprint density at radius 3 is 2.56 bits per heavy atom. The van der Waals surface area contributed by atoms with E-state index in [1.54, 1.807) is 13.1 Å². The van der Waals surface area contributed by atoms with Gasteiger partial charge in [-0.25, -0.2) is 4.99 Å². The van der Waals surface area contributed by atoms with Crippen molar-refractivity contribution in [1.82, 2.24) is 4.90 Å². The minimum Gasteiger partial charge on any atom is -0.385 e. The topological polar surface area (TPSA) is 103 Å². The highest BCUT2D eigenvalue weighted by Crippen LogP contribution is 2.48. The first-order valence-corrected chi connectivity index (χ1v) is 12.2. The van der Waals surface area contributed by atoms with Crippen LogP contribution in [0, 0.1) is 11.3 Å². The van der Waals surface area contributed by atoms with Crippen LogP contribution in [0.4, 0.5) is 0 Å². The maximum Gasteiger partial charge on any atom is 0.239 e. The van der Waals surface area contributed by atoms with Crippen molar-refractivity contribution in [2.24, 2.45) is 10.7 Å². The Kier molecular flexibility index (Phi) is 5.31. The highest BCUT2D eigenvalue weighted by molar-refractivity contribution is 7.10. The molecule has 3 N–H and O–H groups in total. The van der Waals surface area contributed by atoms with E-state index in [0.29, 0.717) is 5.56 Å². The average Bonchev–Trinajstić information content (AvgIpc) is 3.33. The summed E-state index contributed by atoms with van der Waals surface area (Å²) in [7, 11) is 1.65. The Balaban J connectivity index is 1.57. The summed E-state index contributed by atoms with van der Waals surface area (Å²) in [5.41, 5.74) is 8.77. The van der Waals surface area contributed by atoms with Gasteiger partial charge in [0.2, 0.25) is 5.91 Å². The highest BCUT2D eigenvalue weighted by atomic mass is 32.1. The van der Waals surface area contributed by atoms with Gasteiger partial charge in [-0.15, -0.1) is 11.3 Å². The SMILES string of the molecule is CN1C(=O)[C@H](c2ccc(C3(O)CCC3)cc2)[C@@](C)(c2cc(-c3cccc(C#N)c3)cs2)N=C1N. The fraction of sp³-hybridized carbons (Fsp3) is 0.296. The minimum atomic E-state index is -0.891. The van der Waals surface area contributed by atoms with Gasteiger partial charge in [-0.3, -0.25) is 9.69 Å². The van der Waals surface area contributed by atoms with Crippen LogP contribution in [0.3, 0.4) is 0 Å². The zero-order valence-electron chi connectivity index (χ0n) is 19.2. The van der Waals surface area contributed by atoms with Crippen molar-refractivity contribution in [2.45, 2.75) is 43.2 Å². The summed E-state index contributed by atoms with van der Waals surface area (Å²) in [6, 6.07) is 19.4. The largest absolute Gasteiger partial charge is 0.385 e. The smallest absolute Gasteiger partial charge is 0.239 e. The number of nitrogens with two attached hydrogens (primary N) is 1. The number of carbonyl (C=O) groups excluding carboxylic acids is 1. The lowest BCUT2D eigenvalue weighted by Gasteiger charge is -2.40. The zero-order valence-corrected chi connectivity index (χ0v) is 20.0. The standard InChI is InChI=1S/C27H26N4O2S/c1-26(22-14-20(16-34-22)19-6-3-5-17(13-19)15-28)23(24(32)31(2)25(29)30-26)18-7-9-21(10-8-18)27(33)11-4-12-27/h3,5-10,13-14,16,23,33H,4,11-12H2,1-2H3,(H2,29,30)/t23-,26+/m0/s1. The van der Waals surface area contributed by atoms with Gasteiger partial charge in [0.05, 0.1) is 23.2 Å². The number of nitriles is 1. The summed E-state index contributed by atoms with van der Waals surface area (Å²) in [6.07, 6.45) is 2.55. The van der Waals surface area contributed by atoms with Crippen molar-refractivity contribution < 1.29 is 9.90 Å². The molecule has 2 atom stereocenters. The van der Waals surface area contributed by atoms with Crippen molar-refractivity contribution >= 4 is 23.2 Å². The normalized spacial score (nSPS) is 23.7. The second kappa shape index (κ2) is 8.08. The number of aliphatic imine (C=N–C) groups is 1. The van der Waals surface area contributed by atoms with E-state index in [2.05, 4.69) is 6.07 Å². The Hall–Kier alpha value is -3.47. The molecular formula is C27H26N4O2S. The molecule has 0 unspecified atom stereocenters. The third-order valence-corrected chi connectivity index (χ3v) is 8.37. The third kappa shape index (κ3) is 3.51. The number of likely N-dealkylation sites (N-methyl/N-ethyl adjacent to an activating group) is 1. The maximum atomic E-state index is 13.5. The first-order valence-electron chi connectivity index (χ1n) is 11.3. The van der Waals surface area contributed by atoms with Crippen LogP contribution < -0.4 is 5.73 Å². The van der Waals surface area contributed by atoms with Crippen molar-refractivity contribution in [2.75, 3.05) is 7.05 Å². The number of rotatable bonds is 4. The molecule has 34 heavy (non-hydrogen) atoms. The third-order valence-electron chi connectivity index (χ3n) is 7.22. The molecule has 7 heteroatoms. The van der Waals surface area contributed by atoms with Gasteiger partial charge in [-0.05, 0) is 72.0 Å². The lowest BCUT2D eigenvalue weighted by atomic mass is 9.73. The van der Waals surface area contributed by atoms with E-state index in [1.807, 2.05) is 60.8 Å². The summed E-state index contributed by atoms with van der Waals surface area (Å²) in [6.45, 7) is 1.95. The molecule has 172 valence electrons. The van der Waals surface area contributed by atoms with E-state index in [4.69, 9.17) is 10.7 Å². The lowest BCUT2D eigenvalue weighted by Crippen LogP contribution is -2.52. The van der Waals surface area contributed by atoms with Crippen LogP contribution in [0.2, 0.25) is 0 Å². The molecule has 0 radical (unpaired) electrons. The van der Waals surface area contributed by atoms with Crippen molar-refractivity contribution in [1.29, 1.82) is 5.26 Å². The molecule has 1 fully saturated rings. The van der Waals surface area contributed by atoms with Crippen LogP contribution in [0.25, 0.3) is 11.1 Å². The molecule has 1 aliphatic carbocycles. The number of benzene rings is 2. The molecule has 2 aromatic carbocycles. The van der Waals surface area contributed by atoms with Gasteiger partial charge in [0.15, 0.2) is 5.96 Å². The van der Waals surface area contributed by atoms with Gasteiger partial charge >= 0.3 is 0 Å². The van der Waals surface area contributed by atoms with Crippen LogP contribution in [-0.2, 0) is 15.9 Å². The molecule has 5 rings (SSSR count). The first kappa shape index (κ1) is 22.3. The highest BCUT2D eigenvalue weighted by Gasteiger charge is 2.48. The van der Waals surface area contributed by atoms with Crippen LogP contribution in [-0.4, -0.2) is 28.9 Å². The van der Waals surface area contributed by atoms with E-state index in [1.165, 1.54) is 16.2 Å². The lowest BCUT2D eigenvalue weighted by molar-refractivity contribution is -0.130. The molecule has 1 saturated carbocycles. The molecule has 3 aromatic rings. The molecule has 2 aliphatic rings. The van der Waals surface area contributed by atoms with Gasteiger partial charge in [0.25, 0.3) is 0 Å². The fourth-order valence-corrected chi connectivity index (χ4v) is 5.95. The summed E-state index contributed by atoms with van der Waals surface area (Å²) in [5.74, 6) is -0.496. The number of guanidine groups is 1. The van der Waals surface area contributed by atoms with E-state index in [9.17, 15) is 15.2 Å². The van der Waals surface area contributed by atoms with Crippen LogP contribution in [0.5, 0.6) is 0 Å². The van der Waals surface area contributed by atoms with Crippen molar-refractivity contribution in [3.63, 3.8) is 0 Å². The zero-order chi connectivity index (χ0) is 24.1. The molecule has 0 spiro atoms. The van der Waals surface area contributed by atoms with Gasteiger partial charge < -0.3 is 10.8 Å². The molecule has 1 amide bonds. The van der Waals surface area contributed by atoms with E-state index in [0.717, 1.165) is 46.4 Å². The quantitative estimate of drug-likeness (QED) is 0.588. The van der Waals surface area contributed by atoms with Gasteiger partial charge in [-0.1, -0.05) is 36.4 Å². The molecule has 1 aromatic heterocycles. The maximum absolute atomic E-state index is 13.5. The molecule has 6 nitrogen and oxygen atoms in total. The molecule has 0 saturated heterocycles. The van der Waals surface area contributed by atoms with E-state index >= 15 is 0 Å². The van der Waals surface area contributed by atoms with Crippen LogP contribution in [0.15, 0.2) is 65.0 Å². The monoisotopic (exact) mass is 470 g/mol. The summed E-state index contributed by atoms with van der Waals surface area (Å²) in [4.78, 5) is 20.7. The fourth-order valence-electron chi connectivity index (χ4n) is 4.90. The van der Waals surface area contributed by atoms with Gasteiger partial charge in [0.1, 0.15) is 5.54 Å². The minimum absolute atomic E-state index is 0.119. The molecule has 2 heterocycles. The van der Waals surface area contributed by atoms with Crippen molar-refractivity contribution in [3.8, 4) is 17.2 Å². The number of hydrogen-bond donors (Lipinski definition) is 2. The number of aliphatic hydroxyl groups is 1. The predicted molar refractivity (Wildman–Crippen MR) is 133 cm³/mol. The number of thiophene rings is 1. The summed E-state index contributed by atoms with van der Waals surface area (Å²) >= 11 is 1.53. The molecular weight excluding hydrogens is 444 g/mol. The van der Waals surface area contributed by atoms with E-state index < -0.39 is 17.1 Å². The first-order chi connectivity index (χ1) is 16.2. The van der Waals surface area contributed by atoms with Crippen LogP contribution in [0.1, 0.15) is 53.7 Å².